The van der Waals surface area contributed by atoms with E-state index in [0.29, 0.717) is 11.4 Å². The highest BCUT2D eigenvalue weighted by atomic mass is 79.9. The molecule has 0 aliphatic rings. The first kappa shape index (κ1) is 12.9. The van der Waals surface area contributed by atoms with Crippen molar-refractivity contribution >= 4 is 66.5 Å². The van der Waals surface area contributed by atoms with E-state index in [-0.39, 0.29) is 11.1 Å². The number of hydrogen-bond acceptors (Lipinski definition) is 4. The Bertz CT molecular complexity index is 558. The van der Waals surface area contributed by atoms with Gasteiger partial charge in [-0.1, -0.05) is 11.6 Å². The molecule has 4 nitrogen and oxygen atoms in total. The van der Waals surface area contributed by atoms with Crippen molar-refractivity contribution in [1.82, 2.24) is 9.97 Å². The van der Waals surface area contributed by atoms with Crippen molar-refractivity contribution in [2.24, 2.45) is 0 Å². The number of carbonyl (C=O) groups is 1. The maximum absolute atomic E-state index is 11.9. The summed E-state index contributed by atoms with van der Waals surface area (Å²) in [5.41, 5.74) is 0.540. The highest BCUT2D eigenvalue weighted by molar-refractivity contribution is 9.12. The lowest BCUT2D eigenvalue weighted by molar-refractivity contribution is 0.102. The molecule has 0 saturated carbocycles. The van der Waals surface area contributed by atoms with Crippen LogP contribution in [0.5, 0.6) is 0 Å². The molecule has 0 saturated heterocycles. The van der Waals surface area contributed by atoms with Gasteiger partial charge in [0.1, 0.15) is 5.15 Å². The molecule has 88 valence electrons. The molecule has 0 atom stereocenters. The molecule has 2 heterocycles. The van der Waals surface area contributed by atoms with E-state index in [4.69, 9.17) is 11.6 Å². The molecular weight excluding hydrogens is 393 g/mol. The second-order valence-corrected chi connectivity index (χ2v) is 7.05. The van der Waals surface area contributed by atoms with Crippen molar-refractivity contribution < 1.29 is 4.79 Å². The first-order chi connectivity index (χ1) is 8.06. The smallest absolute Gasteiger partial charge is 0.258 e. The number of nitrogens with one attached hydrogen (secondary N) is 1. The zero-order chi connectivity index (χ0) is 12.4. The molecule has 0 aliphatic carbocycles. The second kappa shape index (κ2) is 5.43. The van der Waals surface area contributed by atoms with Crippen molar-refractivity contribution in [1.29, 1.82) is 0 Å². The number of hydrogen-bond donors (Lipinski definition) is 1. The van der Waals surface area contributed by atoms with Crippen LogP contribution in [-0.4, -0.2) is 15.9 Å². The van der Waals surface area contributed by atoms with E-state index in [9.17, 15) is 4.79 Å². The van der Waals surface area contributed by atoms with Crippen LogP contribution in [0.2, 0.25) is 5.15 Å². The van der Waals surface area contributed by atoms with Gasteiger partial charge in [0.2, 0.25) is 0 Å². The Kier molecular flexibility index (Phi) is 4.13. The van der Waals surface area contributed by atoms with Crippen LogP contribution in [0.15, 0.2) is 26.0 Å². The minimum absolute atomic E-state index is 0.254. The monoisotopic (exact) mass is 395 g/mol. The quantitative estimate of drug-likeness (QED) is 0.834. The highest BCUT2D eigenvalue weighted by Gasteiger charge is 2.14. The van der Waals surface area contributed by atoms with Gasteiger partial charge in [0.15, 0.2) is 5.82 Å². The van der Waals surface area contributed by atoms with Gasteiger partial charge >= 0.3 is 0 Å². The van der Waals surface area contributed by atoms with Crippen LogP contribution < -0.4 is 5.32 Å². The summed E-state index contributed by atoms with van der Waals surface area (Å²) in [6.07, 6.45) is 2.77. The Morgan fingerprint density at radius 3 is 2.65 bits per heavy atom. The highest BCUT2D eigenvalue weighted by Crippen LogP contribution is 2.32. The van der Waals surface area contributed by atoms with Crippen molar-refractivity contribution in [2.45, 2.75) is 0 Å². The van der Waals surface area contributed by atoms with Gasteiger partial charge < -0.3 is 5.32 Å². The van der Waals surface area contributed by atoms with Crippen molar-refractivity contribution in [3.05, 3.63) is 36.7 Å². The first-order valence-electron chi connectivity index (χ1n) is 4.30. The topological polar surface area (TPSA) is 54.9 Å². The summed E-state index contributed by atoms with van der Waals surface area (Å²) in [4.78, 5) is 19.6. The molecular formula is C9H4Br2ClN3OS. The van der Waals surface area contributed by atoms with Gasteiger partial charge in [-0.05, 0) is 37.9 Å². The van der Waals surface area contributed by atoms with Crippen molar-refractivity contribution in [2.75, 3.05) is 5.32 Å². The van der Waals surface area contributed by atoms with Gasteiger partial charge in [-0.15, -0.1) is 11.3 Å². The zero-order valence-corrected chi connectivity index (χ0v) is 12.8. The van der Waals surface area contributed by atoms with Crippen LogP contribution in [0, 0.1) is 0 Å². The van der Waals surface area contributed by atoms with E-state index in [1.54, 1.807) is 6.07 Å². The molecule has 2 aromatic heterocycles. The Balaban J connectivity index is 2.17. The summed E-state index contributed by atoms with van der Waals surface area (Å²) < 4.78 is 1.63. The lowest BCUT2D eigenvalue weighted by Gasteiger charge is -2.02. The zero-order valence-electron chi connectivity index (χ0n) is 8.08. The summed E-state index contributed by atoms with van der Waals surface area (Å²) in [6, 6.07) is 1.73. The largest absolute Gasteiger partial charge is 0.305 e. The number of rotatable bonds is 2. The normalized spacial score (nSPS) is 10.3. The van der Waals surface area contributed by atoms with Gasteiger partial charge in [0.05, 0.1) is 25.5 Å². The average Bonchev–Trinajstić information content (AvgIpc) is 2.61. The maximum Gasteiger partial charge on any atom is 0.258 e. The van der Waals surface area contributed by atoms with E-state index >= 15 is 0 Å². The summed E-state index contributed by atoms with van der Waals surface area (Å²) in [5.74, 6) is 0.101. The summed E-state index contributed by atoms with van der Waals surface area (Å²) in [7, 11) is 0. The number of nitrogens with zero attached hydrogens (tertiary/aromatic N) is 2. The summed E-state index contributed by atoms with van der Waals surface area (Å²) in [6.45, 7) is 0. The molecule has 1 N–H and O–H groups in total. The van der Waals surface area contributed by atoms with Crippen LogP contribution in [0.4, 0.5) is 5.82 Å². The van der Waals surface area contributed by atoms with Crippen LogP contribution in [0.25, 0.3) is 0 Å². The Labute approximate surface area is 123 Å². The molecule has 0 spiro atoms. The number of halogens is 3. The number of carbonyl (C=O) groups excluding carboxylic acids is 1. The summed E-state index contributed by atoms with van der Waals surface area (Å²) >= 11 is 13.6. The lowest BCUT2D eigenvalue weighted by Crippen LogP contribution is -2.12. The molecule has 0 unspecified atom stereocenters. The van der Waals surface area contributed by atoms with E-state index in [2.05, 4.69) is 47.1 Å². The average molecular weight is 397 g/mol. The van der Waals surface area contributed by atoms with E-state index in [1.165, 1.54) is 23.7 Å². The molecule has 2 aromatic rings. The minimum Gasteiger partial charge on any atom is -0.305 e. The third kappa shape index (κ3) is 3.25. The fourth-order valence-electron chi connectivity index (χ4n) is 1.06. The molecule has 0 aromatic carbocycles. The molecule has 0 radical (unpaired) electrons. The predicted octanol–water partition coefficient (Wildman–Crippen LogP) is 3.97. The number of amides is 1. The fourth-order valence-corrected chi connectivity index (χ4v) is 3.95. The molecule has 17 heavy (non-hydrogen) atoms. The van der Waals surface area contributed by atoms with Crippen molar-refractivity contribution in [3.63, 3.8) is 0 Å². The fraction of sp³-hybridized carbons (Fsp3) is 0. The van der Waals surface area contributed by atoms with Crippen molar-refractivity contribution in [3.8, 4) is 0 Å². The van der Waals surface area contributed by atoms with Gasteiger partial charge in [0, 0.05) is 0 Å². The standard InChI is InChI=1S/C9H4Br2ClN3OS/c10-5-1-4(8(11)17-5)9(16)15-7-3-13-6(12)2-14-7/h1-3H,(H,14,15,16). The Morgan fingerprint density at radius 2 is 2.12 bits per heavy atom. The third-order valence-corrected chi connectivity index (χ3v) is 4.30. The molecule has 1 amide bonds. The SMILES string of the molecule is O=C(Nc1cnc(Cl)cn1)c1cc(Br)sc1Br. The third-order valence-electron chi connectivity index (χ3n) is 1.76. The molecule has 0 bridgehead atoms. The number of thiophene rings is 1. The van der Waals surface area contributed by atoms with Gasteiger partial charge in [0.25, 0.3) is 5.91 Å². The minimum atomic E-state index is -0.254. The molecule has 0 fully saturated rings. The van der Waals surface area contributed by atoms with Gasteiger partial charge in [-0.2, -0.15) is 0 Å². The number of anilines is 1. The van der Waals surface area contributed by atoms with Crippen LogP contribution in [0.1, 0.15) is 10.4 Å². The van der Waals surface area contributed by atoms with E-state index < -0.39 is 0 Å². The number of aromatic nitrogens is 2. The van der Waals surface area contributed by atoms with Crippen LogP contribution in [0.3, 0.4) is 0 Å². The Hall–Kier alpha value is -0.500. The van der Waals surface area contributed by atoms with Crippen LogP contribution >= 0.6 is 54.8 Å². The lowest BCUT2D eigenvalue weighted by atomic mass is 10.3. The predicted molar refractivity (Wildman–Crippen MR) is 74.7 cm³/mol. The molecule has 0 aliphatic heterocycles. The van der Waals surface area contributed by atoms with Crippen LogP contribution in [-0.2, 0) is 0 Å². The van der Waals surface area contributed by atoms with Gasteiger partial charge in [-0.3, -0.25) is 4.79 Å². The molecule has 2 rings (SSSR count). The van der Waals surface area contributed by atoms with E-state index in [0.717, 1.165) is 7.57 Å². The molecule has 8 heteroatoms. The second-order valence-electron chi connectivity index (χ2n) is 2.92. The first-order valence-corrected chi connectivity index (χ1v) is 7.08. The van der Waals surface area contributed by atoms with Gasteiger partial charge in [-0.25, -0.2) is 9.97 Å². The summed E-state index contributed by atoms with van der Waals surface area (Å²) in [5, 5.41) is 2.90. The Morgan fingerprint density at radius 1 is 1.35 bits per heavy atom. The maximum atomic E-state index is 11.9. The van der Waals surface area contributed by atoms with E-state index in [1.807, 2.05) is 0 Å².